The summed E-state index contributed by atoms with van der Waals surface area (Å²) in [5.41, 5.74) is 0.737. The Morgan fingerprint density at radius 2 is 1.82 bits per heavy atom. The molecule has 3 rings (SSSR count). The Kier molecular flexibility index (Phi) is 6.60. The van der Waals surface area contributed by atoms with Crippen LogP contribution in [0.25, 0.3) is 0 Å². The van der Waals surface area contributed by atoms with Gasteiger partial charge in [-0.2, -0.15) is 0 Å². The number of carbonyl (C=O) groups is 3. The standard InChI is InChI=1S/C21H27ClN2O4/c22-16-5-3-4-15(14-16)19(27)23-17(6-7-18(25)26)20(28)24-12-10-21(11-13-24)8-1-2-9-21/h3-5,14,17H,1-2,6-13H2,(H,23,27)(H,25,26)/t17-/m1/s1. The predicted molar refractivity (Wildman–Crippen MR) is 106 cm³/mol. The lowest BCUT2D eigenvalue weighted by molar-refractivity contribution is -0.138. The summed E-state index contributed by atoms with van der Waals surface area (Å²) < 4.78 is 0. The third-order valence-electron chi connectivity index (χ3n) is 6.14. The first-order valence-corrected chi connectivity index (χ1v) is 10.3. The molecule has 0 unspecified atom stereocenters. The second-order valence-electron chi connectivity index (χ2n) is 8.00. The van der Waals surface area contributed by atoms with Crippen molar-refractivity contribution in [3.8, 4) is 0 Å². The third-order valence-corrected chi connectivity index (χ3v) is 6.37. The molecule has 28 heavy (non-hydrogen) atoms. The summed E-state index contributed by atoms with van der Waals surface area (Å²) in [4.78, 5) is 38.4. The maximum atomic E-state index is 13.0. The number of hydrogen-bond donors (Lipinski definition) is 2. The smallest absolute Gasteiger partial charge is 0.303 e. The lowest BCUT2D eigenvalue weighted by Crippen LogP contribution is -2.52. The SMILES string of the molecule is O=C(O)CC[C@@H](NC(=O)c1cccc(Cl)c1)C(=O)N1CCC2(CCCC2)CC1. The summed E-state index contributed by atoms with van der Waals surface area (Å²) in [7, 11) is 0. The van der Waals surface area contributed by atoms with Gasteiger partial charge in [0.15, 0.2) is 0 Å². The summed E-state index contributed by atoms with van der Waals surface area (Å²) in [5, 5.41) is 12.2. The van der Waals surface area contributed by atoms with E-state index in [1.54, 1.807) is 23.1 Å². The van der Waals surface area contributed by atoms with E-state index in [0.29, 0.717) is 29.1 Å². The summed E-state index contributed by atoms with van der Waals surface area (Å²) >= 11 is 5.94. The van der Waals surface area contributed by atoms with Gasteiger partial charge in [-0.25, -0.2) is 0 Å². The van der Waals surface area contributed by atoms with Crippen LogP contribution in [-0.4, -0.2) is 46.9 Å². The number of hydrogen-bond acceptors (Lipinski definition) is 3. The second-order valence-corrected chi connectivity index (χ2v) is 8.44. The van der Waals surface area contributed by atoms with Crippen LogP contribution >= 0.6 is 11.6 Å². The predicted octanol–water partition coefficient (Wildman–Crippen LogP) is 3.49. The van der Waals surface area contributed by atoms with Crippen molar-refractivity contribution in [2.75, 3.05) is 13.1 Å². The molecule has 2 amide bonds. The van der Waals surface area contributed by atoms with E-state index in [4.69, 9.17) is 16.7 Å². The number of rotatable bonds is 6. The fourth-order valence-electron chi connectivity index (χ4n) is 4.44. The molecule has 1 aliphatic carbocycles. The maximum absolute atomic E-state index is 13.0. The van der Waals surface area contributed by atoms with E-state index in [9.17, 15) is 14.4 Å². The zero-order chi connectivity index (χ0) is 20.1. The quantitative estimate of drug-likeness (QED) is 0.757. The minimum atomic E-state index is -0.988. The van der Waals surface area contributed by atoms with Gasteiger partial charge in [-0.05, 0) is 55.7 Å². The number of likely N-dealkylation sites (tertiary alicyclic amines) is 1. The molecule has 1 aliphatic heterocycles. The molecule has 1 heterocycles. The van der Waals surface area contributed by atoms with Gasteiger partial charge in [0, 0.05) is 30.1 Å². The number of halogens is 1. The van der Waals surface area contributed by atoms with Crippen molar-refractivity contribution in [1.29, 1.82) is 0 Å². The fourth-order valence-corrected chi connectivity index (χ4v) is 4.63. The van der Waals surface area contributed by atoms with E-state index in [-0.39, 0.29) is 18.7 Å². The van der Waals surface area contributed by atoms with Crippen LogP contribution in [-0.2, 0) is 9.59 Å². The Labute approximate surface area is 170 Å². The minimum Gasteiger partial charge on any atom is -0.481 e. The molecule has 1 atom stereocenters. The van der Waals surface area contributed by atoms with Gasteiger partial charge in [0.2, 0.25) is 5.91 Å². The number of amides is 2. The van der Waals surface area contributed by atoms with Crippen LogP contribution in [0.15, 0.2) is 24.3 Å². The van der Waals surface area contributed by atoms with E-state index >= 15 is 0 Å². The highest BCUT2D eigenvalue weighted by molar-refractivity contribution is 6.31. The molecule has 1 aromatic rings. The van der Waals surface area contributed by atoms with Gasteiger partial charge >= 0.3 is 5.97 Å². The molecule has 152 valence electrons. The number of piperidine rings is 1. The lowest BCUT2D eigenvalue weighted by Gasteiger charge is -2.40. The Morgan fingerprint density at radius 3 is 2.43 bits per heavy atom. The van der Waals surface area contributed by atoms with Crippen LogP contribution in [0.5, 0.6) is 0 Å². The Bertz CT molecular complexity index is 736. The van der Waals surface area contributed by atoms with Crippen LogP contribution in [0.2, 0.25) is 5.02 Å². The number of nitrogens with one attached hydrogen (secondary N) is 1. The first-order valence-electron chi connectivity index (χ1n) is 9.96. The van der Waals surface area contributed by atoms with Crippen molar-refractivity contribution < 1.29 is 19.5 Å². The topological polar surface area (TPSA) is 86.7 Å². The summed E-state index contributed by atoms with van der Waals surface area (Å²) in [5.74, 6) is -1.60. The largest absolute Gasteiger partial charge is 0.481 e. The van der Waals surface area contributed by atoms with Crippen molar-refractivity contribution in [2.24, 2.45) is 5.41 Å². The molecule has 1 saturated heterocycles. The van der Waals surface area contributed by atoms with Crippen LogP contribution in [0.1, 0.15) is 61.7 Å². The second kappa shape index (κ2) is 8.95. The van der Waals surface area contributed by atoms with Crippen LogP contribution in [0, 0.1) is 5.41 Å². The number of aliphatic carboxylic acids is 1. The van der Waals surface area contributed by atoms with Gasteiger partial charge in [0.25, 0.3) is 5.91 Å². The Balaban J connectivity index is 1.65. The molecule has 2 N–H and O–H groups in total. The molecule has 1 saturated carbocycles. The van der Waals surface area contributed by atoms with Crippen molar-refractivity contribution in [2.45, 2.75) is 57.4 Å². The molecule has 2 fully saturated rings. The van der Waals surface area contributed by atoms with Crippen molar-refractivity contribution in [3.63, 3.8) is 0 Å². The number of carbonyl (C=O) groups excluding carboxylic acids is 2. The number of carboxylic acid groups (broad SMARTS) is 1. The fraction of sp³-hybridized carbons (Fsp3) is 0.571. The summed E-state index contributed by atoms with van der Waals surface area (Å²) in [6.07, 6.45) is 6.90. The Morgan fingerprint density at radius 1 is 1.14 bits per heavy atom. The van der Waals surface area contributed by atoms with Crippen LogP contribution in [0.3, 0.4) is 0 Å². The van der Waals surface area contributed by atoms with E-state index in [1.165, 1.54) is 31.7 Å². The molecule has 0 aromatic heterocycles. The van der Waals surface area contributed by atoms with Crippen molar-refractivity contribution in [1.82, 2.24) is 10.2 Å². The molecule has 1 spiro atoms. The van der Waals surface area contributed by atoms with Gasteiger partial charge in [0.1, 0.15) is 6.04 Å². The first kappa shape index (κ1) is 20.6. The monoisotopic (exact) mass is 406 g/mol. The summed E-state index contributed by atoms with van der Waals surface area (Å²) in [6, 6.07) is 5.63. The zero-order valence-electron chi connectivity index (χ0n) is 16.0. The first-order chi connectivity index (χ1) is 13.4. The molecule has 2 aliphatic rings. The molecule has 7 heteroatoms. The van der Waals surface area contributed by atoms with Gasteiger partial charge in [-0.15, -0.1) is 0 Å². The van der Waals surface area contributed by atoms with E-state index in [2.05, 4.69) is 5.32 Å². The molecule has 0 bridgehead atoms. The molecular weight excluding hydrogens is 380 g/mol. The normalized spacial score (nSPS) is 19.4. The van der Waals surface area contributed by atoms with Gasteiger partial charge in [0.05, 0.1) is 0 Å². The molecular formula is C21H27ClN2O4. The zero-order valence-corrected chi connectivity index (χ0v) is 16.7. The maximum Gasteiger partial charge on any atom is 0.303 e. The number of nitrogens with zero attached hydrogens (tertiary/aromatic N) is 1. The Hall–Kier alpha value is -2.08. The van der Waals surface area contributed by atoms with Gasteiger partial charge in [-0.1, -0.05) is 30.5 Å². The average Bonchev–Trinajstić information content (AvgIpc) is 3.13. The molecule has 1 aromatic carbocycles. The van der Waals surface area contributed by atoms with E-state index in [0.717, 1.165) is 12.8 Å². The van der Waals surface area contributed by atoms with E-state index < -0.39 is 17.9 Å². The van der Waals surface area contributed by atoms with Crippen molar-refractivity contribution in [3.05, 3.63) is 34.9 Å². The third kappa shape index (κ3) is 5.04. The van der Waals surface area contributed by atoms with Crippen LogP contribution in [0.4, 0.5) is 0 Å². The molecule has 0 radical (unpaired) electrons. The minimum absolute atomic E-state index is 0.0715. The van der Waals surface area contributed by atoms with Crippen molar-refractivity contribution >= 4 is 29.4 Å². The summed E-state index contributed by atoms with van der Waals surface area (Å²) in [6.45, 7) is 1.35. The highest BCUT2D eigenvalue weighted by Gasteiger charge is 2.39. The molecule has 6 nitrogen and oxygen atoms in total. The van der Waals surface area contributed by atoms with Crippen LogP contribution < -0.4 is 5.32 Å². The number of carboxylic acids is 1. The average molecular weight is 407 g/mol. The van der Waals surface area contributed by atoms with Gasteiger partial charge < -0.3 is 15.3 Å². The lowest BCUT2D eigenvalue weighted by atomic mass is 9.77. The highest BCUT2D eigenvalue weighted by Crippen LogP contribution is 2.46. The number of benzene rings is 1. The van der Waals surface area contributed by atoms with Gasteiger partial charge in [-0.3, -0.25) is 14.4 Å². The highest BCUT2D eigenvalue weighted by atomic mass is 35.5. The van der Waals surface area contributed by atoms with E-state index in [1.807, 2.05) is 0 Å².